The van der Waals surface area contributed by atoms with Crippen LogP contribution in [0.1, 0.15) is 31.9 Å². The van der Waals surface area contributed by atoms with Gasteiger partial charge in [-0.3, -0.25) is 0 Å². The number of imide groups is 1. The number of nitriles is 1. The Labute approximate surface area is 131 Å². The molecule has 1 aromatic rings. The molecular weight excluding hydrogens is 340 g/mol. The second kappa shape index (κ2) is 6.59. The first-order valence-corrected chi connectivity index (χ1v) is 6.85. The fourth-order valence-electron chi connectivity index (χ4n) is 1.49. The first-order valence-electron chi connectivity index (χ1n) is 6.06. The van der Waals surface area contributed by atoms with Crippen LogP contribution in [-0.4, -0.2) is 27.8 Å². The molecule has 0 saturated heterocycles. The molecule has 0 radical (unpaired) electrons. The summed E-state index contributed by atoms with van der Waals surface area (Å²) < 4.78 is 5.74. The first kappa shape index (κ1) is 17.0. The number of benzene rings is 1. The summed E-state index contributed by atoms with van der Waals surface area (Å²) in [6.07, 6.45) is -2.40. The zero-order valence-corrected chi connectivity index (χ0v) is 13.5. The molecule has 0 aliphatic carbocycles. The van der Waals surface area contributed by atoms with Gasteiger partial charge in [0.1, 0.15) is 5.60 Å². The van der Waals surface area contributed by atoms with Gasteiger partial charge in [0.15, 0.2) is 0 Å². The van der Waals surface area contributed by atoms with Gasteiger partial charge in [0.05, 0.1) is 18.2 Å². The molecule has 0 saturated carbocycles. The Morgan fingerprint density at radius 1 is 1.43 bits per heavy atom. The second-order valence-corrected chi connectivity index (χ2v) is 6.18. The summed E-state index contributed by atoms with van der Waals surface area (Å²) in [5.41, 5.74) is -0.0871. The molecule has 1 rings (SSSR count). The molecule has 0 atom stereocenters. The van der Waals surface area contributed by atoms with E-state index in [1.54, 1.807) is 39.0 Å². The Bertz CT molecular complexity index is 602. The van der Waals surface area contributed by atoms with Gasteiger partial charge in [-0.15, -0.1) is 0 Å². The number of hydrogen-bond donors (Lipinski definition) is 1. The molecule has 0 unspecified atom stereocenters. The lowest BCUT2D eigenvalue weighted by Crippen LogP contribution is -2.39. The molecule has 0 aliphatic rings. The van der Waals surface area contributed by atoms with Crippen molar-refractivity contribution in [3.63, 3.8) is 0 Å². The van der Waals surface area contributed by atoms with E-state index in [2.05, 4.69) is 15.9 Å². The van der Waals surface area contributed by atoms with E-state index in [1.165, 1.54) is 0 Å². The van der Waals surface area contributed by atoms with Crippen molar-refractivity contribution in [3.8, 4) is 6.07 Å². The van der Waals surface area contributed by atoms with E-state index in [0.29, 0.717) is 20.5 Å². The van der Waals surface area contributed by atoms with E-state index in [9.17, 15) is 9.59 Å². The molecule has 7 heteroatoms. The van der Waals surface area contributed by atoms with Gasteiger partial charge in [-0.25, -0.2) is 14.5 Å². The zero-order chi connectivity index (χ0) is 16.2. The van der Waals surface area contributed by atoms with Crippen LogP contribution in [0.15, 0.2) is 22.7 Å². The predicted molar refractivity (Wildman–Crippen MR) is 78.7 cm³/mol. The van der Waals surface area contributed by atoms with Crippen molar-refractivity contribution in [1.29, 1.82) is 5.26 Å². The van der Waals surface area contributed by atoms with Gasteiger partial charge in [-0.05, 0) is 38.5 Å². The number of ether oxygens (including phenoxy) is 1. The SMILES string of the molecule is CC(C)(C)OC(=O)N(Cc1ccc(Br)cc1C#N)C(=O)O. The molecule has 0 aliphatic heterocycles. The molecule has 6 nitrogen and oxygen atoms in total. The highest BCUT2D eigenvalue weighted by Gasteiger charge is 2.27. The third kappa shape index (κ3) is 5.08. The van der Waals surface area contributed by atoms with Crippen LogP contribution in [0, 0.1) is 11.3 Å². The van der Waals surface area contributed by atoms with Crippen molar-refractivity contribution in [3.05, 3.63) is 33.8 Å². The summed E-state index contributed by atoms with van der Waals surface area (Å²) in [6, 6.07) is 6.78. The first-order chi connectivity index (χ1) is 9.64. The van der Waals surface area contributed by atoms with Crippen LogP contribution >= 0.6 is 15.9 Å². The van der Waals surface area contributed by atoms with E-state index in [0.717, 1.165) is 0 Å². The summed E-state index contributed by atoms with van der Waals surface area (Å²) in [7, 11) is 0. The highest BCUT2D eigenvalue weighted by molar-refractivity contribution is 9.10. The van der Waals surface area contributed by atoms with Crippen molar-refractivity contribution in [1.82, 2.24) is 4.90 Å². The maximum absolute atomic E-state index is 11.9. The van der Waals surface area contributed by atoms with E-state index >= 15 is 0 Å². The number of amides is 2. The topological polar surface area (TPSA) is 90.6 Å². The van der Waals surface area contributed by atoms with Gasteiger partial charge in [0.25, 0.3) is 0 Å². The van der Waals surface area contributed by atoms with Crippen molar-refractivity contribution in [2.45, 2.75) is 32.9 Å². The summed E-state index contributed by atoms with van der Waals surface area (Å²) in [6.45, 7) is 4.68. The Balaban J connectivity index is 3.03. The Hall–Kier alpha value is -2.07. The highest BCUT2D eigenvalue weighted by Crippen LogP contribution is 2.19. The minimum atomic E-state index is -1.43. The number of halogens is 1. The Kier molecular flexibility index (Phi) is 5.33. The number of nitrogens with zero attached hydrogens (tertiary/aromatic N) is 2. The summed E-state index contributed by atoms with van der Waals surface area (Å²) >= 11 is 3.23. The molecule has 0 fully saturated rings. The van der Waals surface area contributed by atoms with Crippen LogP contribution in [0.25, 0.3) is 0 Å². The number of carbonyl (C=O) groups is 2. The smallest absolute Gasteiger partial charge is 0.420 e. The lowest BCUT2D eigenvalue weighted by Gasteiger charge is -2.24. The molecule has 1 N–H and O–H groups in total. The molecule has 0 spiro atoms. The number of carbonyl (C=O) groups excluding carboxylic acids is 1. The fraction of sp³-hybridized carbons (Fsp3) is 0.357. The summed E-state index contributed by atoms with van der Waals surface area (Å²) in [5, 5.41) is 18.2. The summed E-state index contributed by atoms with van der Waals surface area (Å²) in [5.74, 6) is 0. The van der Waals surface area contributed by atoms with Gasteiger partial charge >= 0.3 is 12.2 Å². The highest BCUT2D eigenvalue weighted by atomic mass is 79.9. The normalized spacial score (nSPS) is 10.6. The van der Waals surface area contributed by atoms with E-state index < -0.39 is 17.8 Å². The molecular formula is C14H15BrN2O4. The largest absolute Gasteiger partial charge is 0.465 e. The standard InChI is InChI=1S/C14H15BrN2O4/c1-14(2,3)21-13(20)17(12(18)19)8-9-4-5-11(15)6-10(9)7-16/h4-6H,8H2,1-3H3,(H,18,19). The third-order valence-corrected chi connectivity index (χ3v) is 2.86. The van der Waals surface area contributed by atoms with Gasteiger partial charge < -0.3 is 9.84 Å². The molecule has 0 aromatic heterocycles. The van der Waals surface area contributed by atoms with E-state index in [1.807, 2.05) is 6.07 Å². The number of hydrogen-bond acceptors (Lipinski definition) is 4. The van der Waals surface area contributed by atoms with Gasteiger partial charge in [0.2, 0.25) is 0 Å². The Morgan fingerprint density at radius 2 is 2.05 bits per heavy atom. The molecule has 1 aromatic carbocycles. The van der Waals surface area contributed by atoms with Crippen LogP contribution in [0.5, 0.6) is 0 Å². The van der Waals surface area contributed by atoms with Crippen molar-refractivity contribution in [2.75, 3.05) is 0 Å². The van der Waals surface area contributed by atoms with Crippen molar-refractivity contribution in [2.24, 2.45) is 0 Å². The Morgan fingerprint density at radius 3 is 2.52 bits per heavy atom. The van der Waals surface area contributed by atoms with Crippen molar-refractivity contribution < 1.29 is 19.4 Å². The number of carboxylic acid groups (broad SMARTS) is 1. The quantitative estimate of drug-likeness (QED) is 0.873. The van der Waals surface area contributed by atoms with E-state index in [4.69, 9.17) is 15.1 Å². The zero-order valence-electron chi connectivity index (χ0n) is 11.9. The third-order valence-electron chi connectivity index (χ3n) is 2.37. The van der Waals surface area contributed by atoms with Crippen LogP contribution in [0.2, 0.25) is 0 Å². The molecule has 112 valence electrons. The van der Waals surface area contributed by atoms with Crippen LogP contribution in [-0.2, 0) is 11.3 Å². The maximum atomic E-state index is 11.9. The van der Waals surface area contributed by atoms with Crippen LogP contribution < -0.4 is 0 Å². The van der Waals surface area contributed by atoms with E-state index in [-0.39, 0.29) is 6.54 Å². The lowest BCUT2D eigenvalue weighted by atomic mass is 10.1. The van der Waals surface area contributed by atoms with Crippen LogP contribution in [0.4, 0.5) is 9.59 Å². The fourth-order valence-corrected chi connectivity index (χ4v) is 1.85. The maximum Gasteiger partial charge on any atom is 0.420 e. The molecule has 2 amide bonds. The molecule has 21 heavy (non-hydrogen) atoms. The minimum absolute atomic E-state index is 0.250. The van der Waals surface area contributed by atoms with Crippen LogP contribution in [0.3, 0.4) is 0 Å². The monoisotopic (exact) mass is 354 g/mol. The predicted octanol–water partition coefficient (Wildman–Crippen LogP) is 3.74. The average molecular weight is 355 g/mol. The molecule has 0 heterocycles. The average Bonchev–Trinajstić information content (AvgIpc) is 2.34. The number of rotatable bonds is 2. The van der Waals surface area contributed by atoms with Gasteiger partial charge in [0, 0.05) is 4.47 Å². The summed E-state index contributed by atoms with van der Waals surface area (Å²) in [4.78, 5) is 23.7. The minimum Gasteiger partial charge on any atom is -0.465 e. The van der Waals surface area contributed by atoms with Gasteiger partial charge in [-0.1, -0.05) is 22.0 Å². The second-order valence-electron chi connectivity index (χ2n) is 5.26. The van der Waals surface area contributed by atoms with Gasteiger partial charge in [-0.2, -0.15) is 5.26 Å². The van der Waals surface area contributed by atoms with Crippen molar-refractivity contribution >= 4 is 28.1 Å². The molecule has 0 bridgehead atoms. The lowest BCUT2D eigenvalue weighted by molar-refractivity contribution is 0.0255.